The monoisotopic (exact) mass is 424 g/mol. The van der Waals surface area contributed by atoms with Gasteiger partial charge in [0.2, 0.25) is 5.91 Å². The Hall–Kier alpha value is -2.22. The Bertz CT molecular complexity index is 936. The summed E-state index contributed by atoms with van der Waals surface area (Å²) in [4.78, 5) is 36.8. The van der Waals surface area contributed by atoms with Crippen molar-refractivity contribution in [3.63, 3.8) is 0 Å². The highest BCUT2D eigenvalue weighted by atomic mass is 35.5. The molecule has 0 radical (unpaired) electrons. The fourth-order valence-corrected chi connectivity index (χ4v) is 3.60. The molecule has 140 valence electrons. The molecule has 1 aliphatic rings. The molecule has 2 aromatic carbocycles. The smallest absolute Gasteiger partial charge is 0.338 e. The lowest BCUT2D eigenvalue weighted by Gasteiger charge is -2.21. The van der Waals surface area contributed by atoms with Crippen LogP contribution < -0.4 is 10.6 Å². The molecule has 1 aliphatic heterocycles. The van der Waals surface area contributed by atoms with Crippen molar-refractivity contribution in [3.8, 4) is 0 Å². The van der Waals surface area contributed by atoms with Crippen LogP contribution in [0.4, 0.5) is 11.4 Å². The second-order valence-corrected chi connectivity index (χ2v) is 7.94. The highest BCUT2D eigenvalue weighted by Gasteiger charge is 2.24. The van der Waals surface area contributed by atoms with Crippen molar-refractivity contribution in [1.29, 1.82) is 0 Å². The van der Waals surface area contributed by atoms with Crippen molar-refractivity contribution in [2.24, 2.45) is 0 Å². The first kappa shape index (κ1) is 19.5. The van der Waals surface area contributed by atoms with E-state index >= 15 is 0 Å². The molecule has 1 atom stereocenters. The van der Waals surface area contributed by atoms with Crippen LogP contribution in [0.1, 0.15) is 17.3 Å². The van der Waals surface area contributed by atoms with Gasteiger partial charge in [-0.15, -0.1) is 11.8 Å². The number of carbonyl (C=O) groups excluding carboxylic acids is 3. The van der Waals surface area contributed by atoms with Crippen molar-refractivity contribution < 1.29 is 19.1 Å². The molecule has 6 nitrogen and oxygen atoms in total. The second-order valence-electron chi connectivity index (χ2n) is 5.71. The first-order valence-corrected chi connectivity index (χ1v) is 9.50. The molecule has 2 amide bonds. The van der Waals surface area contributed by atoms with Gasteiger partial charge in [-0.2, -0.15) is 0 Å². The third-order valence-electron chi connectivity index (χ3n) is 3.68. The quantitative estimate of drug-likeness (QED) is 0.717. The summed E-state index contributed by atoms with van der Waals surface area (Å²) in [5.74, 6) is -1.36. The Morgan fingerprint density at radius 3 is 2.78 bits per heavy atom. The maximum absolute atomic E-state index is 12.2. The summed E-state index contributed by atoms with van der Waals surface area (Å²) in [7, 11) is 0. The molecule has 0 fully saturated rings. The Morgan fingerprint density at radius 1 is 1.22 bits per heavy atom. The zero-order valence-corrected chi connectivity index (χ0v) is 16.4. The summed E-state index contributed by atoms with van der Waals surface area (Å²) in [6, 6.07) is 9.48. The molecule has 0 spiro atoms. The van der Waals surface area contributed by atoms with Crippen molar-refractivity contribution in [3.05, 3.63) is 52.0 Å². The van der Waals surface area contributed by atoms with Gasteiger partial charge in [0.05, 0.1) is 27.2 Å². The number of fused-ring (bicyclic) bond motifs is 1. The molecule has 2 N–H and O–H groups in total. The Kier molecular flexibility index (Phi) is 5.94. The highest BCUT2D eigenvalue weighted by Crippen LogP contribution is 2.36. The van der Waals surface area contributed by atoms with Crippen LogP contribution in [-0.4, -0.2) is 29.6 Å². The minimum atomic E-state index is -0.678. The van der Waals surface area contributed by atoms with Crippen molar-refractivity contribution in [2.75, 3.05) is 17.2 Å². The highest BCUT2D eigenvalue weighted by molar-refractivity contribution is 8.00. The molecule has 0 saturated carbocycles. The normalized spacial score (nSPS) is 15.5. The zero-order valence-electron chi connectivity index (χ0n) is 14.0. The van der Waals surface area contributed by atoms with Gasteiger partial charge in [0, 0.05) is 9.92 Å². The molecule has 0 saturated heterocycles. The van der Waals surface area contributed by atoms with Gasteiger partial charge in [-0.3, -0.25) is 9.59 Å². The second kappa shape index (κ2) is 8.21. The number of carbonyl (C=O) groups is 3. The van der Waals surface area contributed by atoms with E-state index in [1.807, 2.05) is 0 Å². The number of hydrogen-bond acceptors (Lipinski definition) is 5. The maximum atomic E-state index is 12.2. The molecular weight excluding hydrogens is 411 g/mol. The average Bonchev–Trinajstić information content (AvgIpc) is 2.63. The van der Waals surface area contributed by atoms with Crippen molar-refractivity contribution >= 4 is 64.1 Å². The fraction of sp³-hybridized carbons (Fsp3) is 0.167. The van der Waals surface area contributed by atoms with Gasteiger partial charge in [0.15, 0.2) is 6.61 Å². The van der Waals surface area contributed by atoms with E-state index in [4.69, 9.17) is 27.9 Å². The predicted molar refractivity (Wildman–Crippen MR) is 106 cm³/mol. The number of thioether (sulfide) groups is 1. The summed E-state index contributed by atoms with van der Waals surface area (Å²) in [6.07, 6.45) is 0. The number of hydrogen-bond donors (Lipinski definition) is 2. The Balaban J connectivity index is 1.61. The van der Waals surface area contributed by atoms with Crippen LogP contribution in [-0.2, 0) is 14.3 Å². The van der Waals surface area contributed by atoms with Crippen molar-refractivity contribution in [2.45, 2.75) is 17.1 Å². The van der Waals surface area contributed by atoms with E-state index in [1.165, 1.54) is 23.9 Å². The number of halogens is 2. The standard InChI is InChI=1S/C18H14Cl2N2O4S/c1-9-17(24)22-14-6-10(2-5-15(14)27-9)18(25)26-8-16(23)21-13-7-11(19)3-4-12(13)20/h2-7,9H,8H2,1H3,(H,21,23)(H,22,24). The largest absolute Gasteiger partial charge is 0.452 e. The fourth-order valence-electron chi connectivity index (χ4n) is 2.33. The van der Waals surface area contributed by atoms with E-state index < -0.39 is 18.5 Å². The van der Waals surface area contributed by atoms with E-state index in [0.29, 0.717) is 21.4 Å². The van der Waals surface area contributed by atoms with Crippen LogP contribution in [0.3, 0.4) is 0 Å². The first-order valence-electron chi connectivity index (χ1n) is 7.87. The molecule has 27 heavy (non-hydrogen) atoms. The van der Waals surface area contributed by atoms with Gasteiger partial charge in [-0.25, -0.2) is 4.79 Å². The SMILES string of the molecule is CC1Sc2ccc(C(=O)OCC(=O)Nc3cc(Cl)ccc3Cl)cc2NC1=O. The maximum Gasteiger partial charge on any atom is 0.338 e. The average molecular weight is 425 g/mol. The lowest BCUT2D eigenvalue weighted by Crippen LogP contribution is -2.26. The third-order valence-corrected chi connectivity index (χ3v) is 5.43. The number of amides is 2. The van der Waals surface area contributed by atoms with Crippen LogP contribution in [0.15, 0.2) is 41.3 Å². The number of nitrogens with one attached hydrogen (secondary N) is 2. The molecule has 0 aromatic heterocycles. The van der Waals surface area contributed by atoms with Crippen molar-refractivity contribution in [1.82, 2.24) is 0 Å². The summed E-state index contributed by atoms with van der Waals surface area (Å²) >= 11 is 13.2. The molecule has 0 aliphatic carbocycles. The minimum absolute atomic E-state index is 0.129. The Labute approximate surface area is 169 Å². The van der Waals surface area contributed by atoms with Crippen LogP contribution in [0.2, 0.25) is 10.0 Å². The number of rotatable bonds is 4. The molecule has 1 heterocycles. The number of anilines is 2. The molecule has 2 aromatic rings. The predicted octanol–water partition coefficient (Wildman–Crippen LogP) is 4.22. The lowest BCUT2D eigenvalue weighted by atomic mass is 10.2. The van der Waals surface area contributed by atoms with Gasteiger partial charge in [-0.05, 0) is 43.3 Å². The summed E-state index contributed by atoms with van der Waals surface area (Å²) in [6.45, 7) is 1.31. The lowest BCUT2D eigenvalue weighted by molar-refractivity contribution is -0.119. The molecule has 1 unspecified atom stereocenters. The van der Waals surface area contributed by atoms with E-state index in [9.17, 15) is 14.4 Å². The van der Waals surface area contributed by atoms with Crippen LogP contribution in [0.25, 0.3) is 0 Å². The summed E-state index contributed by atoms with van der Waals surface area (Å²) in [5, 5.41) is 5.80. The van der Waals surface area contributed by atoms with Gasteiger partial charge < -0.3 is 15.4 Å². The Morgan fingerprint density at radius 2 is 2.00 bits per heavy atom. The van der Waals surface area contributed by atoms with Crippen LogP contribution in [0, 0.1) is 0 Å². The molecule has 0 bridgehead atoms. The molecule has 9 heteroatoms. The zero-order chi connectivity index (χ0) is 19.6. The van der Waals surface area contributed by atoms with E-state index in [0.717, 1.165) is 4.90 Å². The summed E-state index contributed by atoms with van der Waals surface area (Å²) < 4.78 is 5.02. The van der Waals surface area contributed by atoms with Crippen LogP contribution in [0.5, 0.6) is 0 Å². The first-order chi connectivity index (χ1) is 12.8. The van der Waals surface area contributed by atoms with Gasteiger partial charge >= 0.3 is 5.97 Å². The van der Waals surface area contributed by atoms with E-state index in [-0.39, 0.29) is 16.7 Å². The summed E-state index contributed by atoms with van der Waals surface area (Å²) in [5.41, 5.74) is 1.11. The van der Waals surface area contributed by atoms with Gasteiger partial charge in [0.25, 0.3) is 5.91 Å². The molecule has 3 rings (SSSR count). The number of esters is 1. The number of ether oxygens (including phenoxy) is 1. The third kappa shape index (κ3) is 4.74. The van der Waals surface area contributed by atoms with Crippen LogP contribution >= 0.6 is 35.0 Å². The van der Waals surface area contributed by atoms with Gasteiger partial charge in [0.1, 0.15) is 0 Å². The minimum Gasteiger partial charge on any atom is -0.452 e. The molecular formula is C18H14Cl2N2O4S. The van der Waals surface area contributed by atoms with Gasteiger partial charge in [-0.1, -0.05) is 23.2 Å². The van der Waals surface area contributed by atoms with E-state index in [1.54, 1.807) is 31.2 Å². The number of benzene rings is 2. The topological polar surface area (TPSA) is 84.5 Å². The van der Waals surface area contributed by atoms with E-state index in [2.05, 4.69) is 10.6 Å².